The molecule has 0 bridgehead atoms. The van der Waals surface area contributed by atoms with Crippen molar-refractivity contribution in [1.29, 1.82) is 0 Å². The maximum Gasteiger partial charge on any atom is -0.0241 e. The van der Waals surface area contributed by atoms with Crippen molar-refractivity contribution in [2.75, 3.05) is 0 Å². The summed E-state index contributed by atoms with van der Waals surface area (Å²) in [5, 5.41) is 0. The molecule has 0 saturated heterocycles. The van der Waals surface area contributed by atoms with Crippen LogP contribution in [0.25, 0.3) is 0 Å². The van der Waals surface area contributed by atoms with Gasteiger partial charge in [0.1, 0.15) is 0 Å². The lowest BCUT2D eigenvalue weighted by Gasteiger charge is -2.15. The normalized spacial score (nSPS) is 11.2. The van der Waals surface area contributed by atoms with Crippen molar-refractivity contribution in [2.45, 2.75) is 97.8 Å². The second kappa shape index (κ2) is 13.1. The SMILES string of the molecule is CCCCCCC[C](CCCC)CCCC. The second-order valence-corrected chi connectivity index (χ2v) is 5.12. The van der Waals surface area contributed by atoms with E-state index in [-0.39, 0.29) is 0 Å². The fourth-order valence-corrected chi connectivity index (χ4v) is 2.21. The Hall–Kier alpha value is 0. The Morgan fingerprint density at radius 3 is 1.44 bits per heavy atom. The summed E-state index contributed by atoms with van der Waals surface area (Å²) in [6, 6.07) is 0. The summed E-state index contributed by atoms with van der Waals surface area (Å²) in [5.74, 6) is 1.86. The molecule has 0 aromatic heterocycles. The first-order valence-corrected chi connectivity index (χ1v) is 7.68. The largest absolute Gasteiger partial charge is 0.0654 e. The third kappa shape index (κ3) is 10.5. The highest BCUT2D eigenvalue weighted by Gasteiger charge is 2.07. The first kappa shape index (κ1) is 16.0. The topological polar surface area (TPSA) is 0 Å². The van der Waals surface area contributed by atoms with Gasteiger partial charge in [0.2, 0.25) is 0 Å². The van der Waals surface area contributed by atoms with Crippen molar-refractivity contribution >= 4 is 0 Å². The highest BCUT2D eigenvalue weighted by molar-refractivity contribution is 4.88. The summed E-state index contributed by atoms with van der Waals surface area (Å²) in [7, 11) is 0. The minimum atomic E-state index is 1.35. The molecule has 0 atom stereocenters. The van der Waals surface area contributed by atoms with Crippen LogP contribution in [-0.2, 0) is 0 Å². The number of rotatable bonds is 12. The smallest absolute Gasteiger partial charge is 0.0241 e. The molecule has 0 spiro atoms. The van der Waals surface area contributed by atoms with Crippen LogP contribution in [0.1, 0.15) is 97.8 Å². The van der Waals surface area contributed by atoms with E-state index in [1.165, 1.54) is 77.0 Å². The van der Waals surface area contributed by atoms with Crippen LogP contribution >= 0.6 is 0 Å². The molecule has 16 heavy (non-hydrogen) atoms. The van der Waals surface area contributed by atoms with Gasteiger partial charge in [-0.15, -0.1) is 0 Å². The Labute approximate surface area is 104 Å². The summed E-state index contributed by atoms with van der Waals surface area (Å²) in [4.78, 5) is 0. The fourth-order valence-electron chi connectivity index (χ4n) is 2.21. The molecule has 1 radical (unpaired) electrons. The molecule has 0 heteroatoms. The van der Waals surface area contributed by atoms with E-state index < -0.39 is 0 Å². The van der Waals surface area contributed by atoms with Gasteiger partial charge in [0.05, 0.1) is 0 Å². The first-order valence-electron chi connectivity index (χ1n) is 7.68. The lowest BCUT2D eigenvalue weighted by molar-refractivity contribution is 0.545. The zero-order chi connectivity index (χ0) is 12.1. The predicted molar refractivity (Wildman–Crippen MR) is 75.7 cm³/mol. The minimum Gasteiger partial charge on any atom is -0.0654 e. The van der Waals surface area contributed by atoms with E-state index in [1.807, 2.05) is 5.92 Å². The van der Waals surface area contributed by atoms with Crippen LogP contribution in [0.2, 0.25) is 0 Å². The van der Waals surface area contributed by atoms with Gasteiger partial charge in [0, 0.05) is 0 Å². The van der Waals surface area contributed by atoms with E-state index in [1.54, 1.807) is 0 Å². The first-order chi connectivity index (χ1) is 7.85. The van der Waals surface area contributed by atoms with Gasteiger partial charge >= 0.3 is 0 Å². The molecular weight excluding hydrogens is 192 g/mol. The number of hydrogen-bond donors (Lipinski definition) is 0. The standard InChI is InChI=1S/C16H33/c1-4-7-10-11-12-15-16(13-8-5-2)14-9-6-3/h4-15H2,1-3H3. The van der Waals surface area contributed by atoms with Crippen molar-refractivity contribution in [3.05, 3.63) is 5.92 Å². The number of hydrogen-bond acceptors (Lipinski definition) is 0. The second-order valence-electron chi connectivity index (χ2n) is 5.12. The molecule has 0 N–H and O–H groups in total. The van der Waals surface area contributed by atoms with Gasteiger partial charge in [-0.3, -0.25) is 0 Å². The molecule has 0 saturated carbocycles. The quantitative estimate of drug-likeness (QED) is 0.342. The average Bonchev–Trinajstić information content (AvgIpc) is 2.31. The summed E-state index contributed by atoms with van der Waals surface area (Å²) >= 11 is 0. The van der Waals surface area contributed by atoms with E-state index >= 15 is 0 Å². The molecule has 0 aliphatic carbocycles. The monoisotopic (exact) mass is 225 g/mol. The van der Waals surface area contributed by atoms with Crippen molar-refractivity contribution in [3.8, 4) is 0 Å². The zero-order valence-corrected chi connectivity index (χ0v) is 12.0. The molecule has 0 aliphatic heterocycles. The van der Waals surface area contributed by atoms with Crippen LogP contribution < -0.4 is 0 Å². The van der Waals surface area contributed by atoms with E-state index in [2.05, 4.69) is 20.8 Å². The van der Waals surface area contributed by atoms with Gasteiger partial charge in [0.15, 0.2) is 0 Å². The van der Waals surface area contributed by atoms with Crippen LogP contribution in [0.15, 0.2) is 0 Å². The third-order valence-electron chi connectivity index (χ3n) is 3.40. The Morgan fingerprint density at radius 2 is 0.938 bits per heavy atom. The lowest BCUT2D eigenvalue weighted by Crippen LogP contribution is -1.98. The molecule has 0 fully saturated rings. The van der Waals surface area contributed by atoms with Crippen LogP contribution in [0.4, 0.5) is 0 Å². The molecule has 0 rings (SSSR count). The van der Waals surface area contributed by atoms with Gasteiger partial charge in [0.25, 0.3) is 0 Å². The van der Waals surface area contributed by atoms with E-state index in [9.17, 15) is 0 Å². The van der Waals surface area contributed by atoms with Gasteiger partial charge in [-0.2, -0.15) is 0 Å². The summed E-state index contributed by atoms with van der Waals surface area (Å²) in [6.07, 6.45) is 16.9. The van der Waals surface area contributed by atoms with Crippen LogP contribution in [0, 0.1) is 5.92 Å². The summed E-state index contributed by atoms with van der Waals surface area (Å²) < 4.78 is 0. The van der Waals surface area contributed by atoms with E-state index in [0.717, 1.165) is 0 Å². The van der Waals surface area contributed by atoms with Crippen LogP contribution in [-0.4, -0.2) is 0 Å². The van der Waals surface area contributed by atoms with Gasteiger partial charge < -0.3 is 0 Å². The van der Waals surface area contributed by atoms with Crippen molar-refractivity contribution in [2.24, 2.45) is 0 Å². The molecular formula is C16H33. The Morgan fingerprint density at radius 1 is 0.500 bits per heavy atom. The molecule has 0 unspecified atom stereocenters. The zero-order valence-electron chi connectivity index (χ0n) is 12.0. The van der Waals surface area contributed by atoms with Gasteiger partial charge in [-0.1, -0.05) is 78.6 Å². The van der Waals surface area contributed by atoms with E-state index in [4.69, 9.17) is 0 Å². The summed E-state index contributed by atoms with van der Waals surface area (Å²) in [5.41, 5.74) is 0. The van der Waals surface area contributed by atoms with E-state index in [0.29, 0.717) is 0 Å². The Kier molecular flexibility index (Phi) is 13.1. The molecule has 0 aromatic rings. The summed E-state index contributed by atoms with van der Waals surface area (Å²) in [6.45, 7) is 6.90. The molecule has 97 valence electrons. The molecule has 0 aliphatic rings. The van der Waals surface area contributed by atoms with Gasteiger partial charge in [-0.25, -0.2) is 0 Å². The highest BCUT2D eigenvalue weighted by atomic mass is 14.1. The van der Waals surface area contributed by atoms with Crippen LogP contribution in [0.3, 0.4) is 0 Å². The molecule has 0 nitrogen and oxygen atoms in total. The maximum absolute atomic E-state index is 2.30. The number of unbranched alkanes of at least 4 members (excludes halogenated alkanes) is 6. The predicted octanol–water partition coefficient (Wildman–Crippen LogP) is 6.30. The third-order valence-corrected chi connectivity index (χ3v) is 3.40. The van der Waals surface area contributed by atoms with Gasteiger partial charge in [-0.05, 0) is 25.2 Å². The van der Waals surface area contributed by atoms with Crippen molar-refractivity contribution in [3.63, 3.8) is 0 Å². The minimum absolute atomic E-state index is 1.35. The highest BCUT2D eigenvalue weighted by Crippen LogP contribution is 2.24. The molecule has 0 heterocycles. The average molecular weight is 225 g/mol. The Bertz CT molecular complexity index is 109. The van der Waals surface area contributed by atoms with Crippen molar-refractivity contribution < 1.29 is 0 Å². The maximum atomic E-state index is 2.30. The molecule has 0 aromatic carbocycles. The molecule has 0 amide bonds. The Balaban J connectivity index is 3.48. The van der Waals surface area contributed by atoms with Crippen LogP contribution in [0.5, 0.6) is 0 Å². The fraction of sp³-hybridized carbons (Fsp3) is 0.938. The van der Waals surface area contributed by atoms with Crippen molar-refractivity contribution in [1.82, 2.24) is 0 Å². The lowest BCUT2D eigenvalue weighted by atomic mass is 9.90.